The Labute approximate surface area is 143 Å². The van der Waals surface area contributed by atoms with Crippen molar-refractivity contribution in [2.45, 2.75) is 13.8 Å². The third-order valence-corrected chi connectivity index (χ3v) is 3.70. The second-order valence-electron chi connectivity index (χ2n) is 5.57. The van der Waals surface area contributed by atoms with Crippen LogP contribution in [0.25, 0.3) is 11.1 Å². The first-order valence-electron chi connectivity index (χ1n) is 7.55. The molecule has 0 saturated heterocycles. The number of rotatable bonds is 3. The van der Waals surface area contributed by atoms with Gasteiger partial charge < -0.3 is 9.84 Å². The number of esters is 1. The minimum Gasteiger partial charge on any atom is -0.507 e. The van der Waals surface area contributed by atoms with E-state index in [9.17, 15) is 14.3 Å². The summed E-state index contributed by atoms with van der Waals surface area (Å²) >= 11 is 0. The molecule has 1 aromatic heterocycles. The highest BCUT2D eigenvalue weighted by molar-refractivity contribution is 5.87. The zero-order valence-corrected chi connectivity index (χ0v) is 13.7. The number of phenolic OH excluding ortho intramolecular Hbond substituents is 1. The van der Waals surface area contributed by atoms with Crippen molar-refractivity contribution < 1.29 is 19.0 Å². The summed E-state index contributed by atoms with van der Waals surface area (Å²) in [6.45, 7) is 3.60. The fourth-order valence-corrected chi connectivity index (χ4v) is 2.38. The van der Waals surface area contributed by atoms with Crippen LogP contribution in [0.3, 0.4) is 0 Å². The van der Waals surface area contributed by atoms with Crippen LogP contribution in [-0.4, -0.2) is 21.0 Å². The molecular formula is C19H15FN2O3. The average Bonchev–Trinajstić information content (AvgIpc) is 2.61. The quantitative estimate of drug-likeness (QED) is 0.580. The number of hydrogen-bond acceptors (Lipinski definition) is 5. The molecule has 0 radical (unpaired) electrons. The number of halogens is 1. The van der Waals surface area contributed by atoms with Gasteiger partial charge in [0.15, 0.2) is 11.6 Å². The van der Waals surface area contributed by atoms with Gasteiger partial charge >= 0.3 is 5.97 Å². The zero-order valence-electron chi connectivity index (χ0n) is 13.7. The molecule has 5 nitrogen and oxygen atoms in total. The topological polar surface area (TPSA) is 72.3 Å². The van der Waals surface area contributed by atoms with E-state index in [1.165, 1.54) is 30.6 Å². The van der Waals surface area contributed by atoms with Gasteiger partial charge in [-0.3, -0.25) is 0 Å². The highest BCUT2D eigenvalue weighted by Gasteiger charge is 2.15. The van der Waals surface area contributed by atoms with E-state index in [4.69, 9.17) is 4.74 Å². The highest BCUT2D eigenvalue weighted by Crippen LogP contribution is 2.28. The number of benzene rings is 2. The number of aryl methyl sites for hydroxylation is 2. The third-order valence-electron chi connectivity index (χ3n) is 3.70. The Morgan fingerprint density at radius 2 is 1.64 bits per heavy atom. The van der Waals surface area contributed by atoms with Crippen molar-refractivity contribution in [3.63, 3.8) is 0 Å². The molecule has 0 amide bonds. The number of nitrogens with zero attached hydrogens (tertiary/aromatic N) is 2. The number of aromatic nitrogens is 2. The van der Waals surface area contributed by atoms with Crippen LogP contribution in [0, 0.1) is 19.7 Å². The van der Waals surface area contributed by atoms with Crippen molar-refractivity contribution in [1.29, 1.82) is 0 Å². The number of hydrogen-bond donors (Lipinski definition) is 1. The molecule has 3 rings (SSSR count). The number of carbonyl (C=O) groups excluding carboxylic acids is 1. The number of phenols is 1. The fourth-order valence-electron chi connectivity index (χ4n) is 2.38. The number of aromatic hydroxyl groups is 1. The van der Waals surface area contributed by atoms with E-state index in [1.807, 2.05) is 0 Å². The van der Waals surface area contributed by atoms with Crippen LogP contribution in [0.1, 0.15) is 21.7 Å². The van der Waals surface area contributed by atoms with Gasteiger partial charge in [0.1, 0.15) is 5.75 Å². The number of carbonyl (C=O) groups is 1. The minimum absolute atomic E-state index is 0.167. The van der Waals surface area contributed by atoms with Gasteiger partial charge in [-0.1, -0.05) is 12.1 Å². The third kappa shape index (κ3) is 3.47. The van der Waals surface area contributed by atoms with Gasteiger partial charge in [0, 0.05) is 18.0 Å². The Balaban J connectivity index is 1.83. The van der Waals surface area contributed by atoms with Crippen molar-refractivity contribution in [3.05, 3.63) is 71.6 Å². The Kier molecular flexibility index (Phi) is 4.43. The van der Waals surface area contributed by atoms with Crippen LogP contribution in [0.4, 0.5) is 4.39 Å². The molecule has 0 spiro atoms. The summed E-state index contributed by atoms with van der Waals surface area (Å²) in [6.07, 6.45) is 2.96. The predicted octanol–water partition coefficient (Wildman–Crippen LogP) is 3.82. The Morgan fingerprint density at radius 1 is 1.04 bits per heavy atom. The molecule has 25 heavy (non-hydrogen) atoms. The lowest BCUT2D eigenvalue weighted by Crippen LogP contribution is -2.13. The highest BCUT2D eigenvalue weighted by atomic mass is 19.1. The normalized spacial score (nSPS) is 10.5. The smallest absolute Gasteiger partial charge is 0.381 e. The van der Waals surface area contributed by atoms with Crippen LogP contribution < -0.4 is 4.74 Å². The lowest BCUT2D eigenvalue weighted by Gasteiger charge is -2.08. The maximum absolute atomic E-state index is 13.5. The number of ether oxygens (including phenoxy) is 1. The Hall–Kier alpha value is -3.28. The summed E-state index contributed by atoms with van der Waals surface area (Å²) in [6, 6.07) is 9.22. The molecule has 0 fully saturated rings. The van der Waals surface area contributed by atoms with Crippen LogP contribution in [0.5, 0.6) is 11.5 Å². The van der Waals surface area contributed by atoms with E-state index in [1.54, 1.807) is 32.0 Å². The largest absolute Gasteiger partial charge is 0.507 e. The maximum atomic E-state index is 13.5. The van der Waals surface area contributed by atoms with Crippen molar-refractivity contribution in [3.8, 4) is 22.6 Å². The van der Waals surface area contributed by atoms with E-state index < -0.39 is 11.8 Å². The first-order valence-corrected chi connectivity index (χ1v) is 7.55. The van der Waals surface area contributed by atoms with Gasteiger partial charge in [0.05, 0.1) is 0 Å². The molecule has 0 saturated carbocycles. The molecule has 2 aromatic carbocycles. The minimum atomic E-state index is -0.838. The molecule has 126 valence electrons. The van der Waals surface area contributed by atoms with Crippen molar-refractivity contribution in [1.82, 2.24) is 9.97 Å². The molecule has 3 aromatic rings. The molecule has 0 aliphatic heterocycles. The lowest BCUT2D eigenvalue weighted by atomic mass is 10.0. The first kappa shape index (κ1) is 16.6. The monoisotopic (exact) mass is 338 g/mol. The van der Waals surface area contributed by atoms with Gasteiger partial charge in [-0.2, -0.15) is 0 Å². The van der Waals surface area contributed by atoms with Gasteiger partial charge in [-0.25, -0.2) is 19.2 Å². The lowest BCUT2D eigenvalue weighted by molar-refractivity contribution is 0.0715. The van der Waals surface area contributed by atoms with Crippen LogP contribution >= 0.6 is 0 Å². The van der Waals surface area contributed by atoms with Gasteiger partial charge in [0.25, 0.3) is 0 Å². The summed E-state index contributed by atoms with van der Waals surface area (Å²) in [5.74, 6) is -1.57. The van der Waals surface area contributed by atoms with Crippen LogP contribution in [-0.2, 0) is 0 Å². The summed E-state index contributed by atoms with van der Waals surface area (Å²) in [5.41, 5.74) is 2.98. The molecule has 1 N–H and O–H groups in total. The first-order chi connectivity index (χ1) is 12.0. The van der Waals surface area contributed by atoms with Crippen LogP contribution in [0.2, 0.25) is 0 Å². The van der Waals surface area contributed by atoms with Crippen molar-refractivity contribution in [2.75, 3.05) is 0 Å². The molecule has 1 heterocycles. The molecule has 0 unspecified atom stereocenters. The summed E-state index contributed by atoms with van der Waals surface area (Å²) in [4.78, 5) is 20.0. The summed E-state index contributed by atoms with van der Waals surface area (Å²) < 4.78 is 18.5. The summed E-state index contributed by atoms with van der Waals surface area (Å²) in [5, 5.41) is 9.83. The molecule has 6 heteroatoms. The molecule has 0 aliphatic carbocycles. The van der Waals surface area contributed by atoms with Crippen LogP contribution in [0.15, 0.2) is 48.8 Å². The molecule has 0 atom stereocenters. The molecular weight excluding hydrogens is 323 g/mol. The SMILES string of the molecule is Cc1cc(-c2cnc(C(=O)Oc3ccccc3F)nc2)cc(C)c1O. The average molecular weight is 338 g/mol. The standard InChI is InChI=1S/C19H15FN2O3/c1-11-7-13(8-12(2)17(11)23)14-9-21-18(22-10-14)19(24)25-16-6-4-3-5-15(16)20/h3-10,23H,1-2H3. The fraction of sp³-hybridized carbons (Fsp3) is 0.105. The second-order valence-corrected chi connectivity index (χ2v) is 5.57. The maximum Gasteiger partial charge on any atom is 0.381 e. The van der Waals surface area contributed by atoms with E-state index in [-0.39, 0.29) is 17.3 Å². The van der Waals surface area contributed by atoms with Crippen molar-refractivity contribution in [2.24, 2.45) is 0 Å². The van der Waals surface area contributed by atoms with E-state index >= 15 is 0 Å². The summed E-state index contributed by atoms with van der Waals surface area (Å²) in [7, 11) is 0. The van der Waals surface area contributed by atoms with E-state index in [0.717, 1.165) is 16.7 Å². The molecule has 0 aliphatic rings. The Morgan fingerprint density at radius 3 is 2.24 bits per heavy atom. The van der Waals surface area contributed by atoms with Gasteiger partial charge in [-0.15, -0.1) is 0 Å². The zero-order chi connectivity index (χ0) is 18.0. The van der Waals surface area contributed by atoms with Gasteiger partial charge in [-0.05, 0) is 54.8 Å². The second kappa shape index (κ2) is 6.68. The predicted molar refractivity (Wildman–Crippen MR) is 90.0 cm³/mol. The van der Waals surface area contributed by atoms with E-state index in [2.05, 4.69) is 9.97 Å². The van der Waals surface area contributed by atoms with Crippen molar-refractivity contribution >= 4 is 5.97 Å². The number of para-hydroxylation sites is 1. The van der Waals surface area contributed by atoms with Gasteiger partial charge in [0.2, 0.25) is 5.82 Å². The van der Waals surface area contributed by atoms with E-state index in [0.29, 0.717) is 5.56 Å². The Bertz CT molecular complexity index is 917. The molecule has 0 bridgehead atoms.